The summed E-state index contributed by atoms with van der Waals surface area (Å²) in [4.78, 5) is 11.6. The van der Waals surface area contributed by atoms with E-state index in [0.29, 0.717) is 26.1 Å². The zero-order chi connectivity index (χ0) is 15.6. The molecule has 2 N–H and O–H groups in total. The van der Waals surface area contributed by atoms with E-state index in [0.717, 1.165) is 16.9 Å². The molecule has 4 heteroatoms. The molecule has 0 bridgehead atoms. The molecule has 0 fully saturated rings. The molecule has 2 rings (SSSR count). The molecule has 0 aliphatic carbocycles. The van der Waals surface area contributed by atoms with Crippen molar-refractivity contribution >= 4 is 5.91 Å². The molecule has 0 heterocycles. The molecule has 0 unspecified atom stereocenters. The number of para-hydroxylation sites is 1. The first-order valence-electron chi connectivity index (χ1n) is 7.45. The Kier molecular flexibility index (Phi) is 6.45. The quantitative estimate of drug-likeness (QED) is 0.787. The highest BCUT2D eigenvalue weighted by Crippen LogP contribution is 2.12. The van der Waals surface area contributed by atoms with Crippen molar-refractivity contribution in [2.24, 2.45) is 0 Å². The Morgan fingerprint density at radius 1 is 1.05 bits per heavy atom. The Morgan fingerprint density at radius 3 is 2.59 bits per heavy atom. The summed E-state index contributed by atoms with van der Waals surface area (Å²) in [6, 6.07) is 17.8. The van der Waals surface area contributed by atoms with Crippen molar-refractivity contribution < 1.29 is 9.53 Å². The summed E-state index contributed by atoms with van der Waals surface area (Å²) in [6.45, 7) is 1.75. The van der Waals surface area contributed by atoms with Crippen LogP contribution in [0.25, 0.3) is 0 Å². The second-order valence-electron chi connectivity index (χ2n) is 5.05. The van der Waals surface area contributed by atoms with E-state index in [2.05, 4.69) is 16.7 Å². The third-order valence-electron chi connectivity index (χ3n) is 3.23. The number of amides is 1. The smallest absolute Gasteiger partial charge is 0.221 e. The SMILES string of the molecule is CNCCC(=O)NCc1cccc(COc2ccccc2)c1. The molecule has 2 aromatic carbocycles. The van der Waals surface area contributed by atoms with Crippen LogP contribution in [0.15, 0.2) is 54.6 Å². The van der Waals surface area contributed by atoms with Crippen LogP contribution in [0.3, 0.4) is 0 Å². The van der Waals surface area contributed by atoms with E-state index >= 15 is 0 Å². The summed E-state index contributed by atoms with van der Waals surface area (Å²) in [7, 11) is 1.84. The Morgan fingerprint density at radius 2 is 1.82 bits per heavy atom. The van der Waals surface area contributed by atoms with E-state index in [9.17, 15) is 4.79 Å². The number of nitrogens with one attached hydrogen (secondary N) is 2. The lowest BCUT2D eigenvalue weighted by atomic mass is 10.1. The highest BCUT2D eigenvalue weighted by Gasteiger charge is 2.02. The summed E-state index contributed by atoms with van der Waals surface area (Å²) in [6.07, 6.45) is 0.493. The van der Waals surface area contributed by atoms with Crippen molar-refractivity contribution in [3.05, 3.63) is 65.7 Å². The summed E-state index contributed by atoms with van der Waals surface area (Å²) >= 11 is 0. The van der Waals surface area contributed by atoms with Gasteiger partial charge >= 0.3 is 0 Å². The normalized spacial score (nSPS) is 10.2. The highest BCUT2D eigenvalue weighted by atomic mass is 16.5. The van der Waals surface area contributed by atoms with Crippen LogP contribution in [0.2, 0.25) is 0 Å². The van der Waals surface area contributed by atoms with Crippen molar-refractivity contribution in [2.45, 2.75) is 19.6 Å². The Hall–Kier alpha value is -2.33. The van der Waals surface area contributed by atoms with Crippen LogP contribution in [0.4, 0.5) is 0 Å². The molecule has 0 aromatic heterocycles. The predicted molar refractivity (Wildman–Crippen MR) is 87.6 cm³/mol. The van der Waals surface area contributed by atoms with E-state index in [-0.39, 0.29) is 5.91 Å². The Balaban J connectivity index is 1.83. The number of rotatable bonds is 8. The van der Waals surface area contributed by atoms with Gasteiger partial charge in [0.2, 0.25) is 5.91 Å². The molecule has 0 aliphatic rings. The molecule has 0 saturated heterocycles. The van der Waals surface area contributed by atoms with Crippen LogP contribution < -0.4 is 15.4 Å². The Bertz CT molecular complexity index is 585. The lowest BCUT2D eigenvalue weighted by Crippen LogP contribution is -2.26. The number of hydrogen-bond acceptors (Lipinski definition) is 3. The Labute approximate surface area is 131 Å². The fraction of sp³-hybridized carbons (Fsp3) is 0.278. The van der Waals surface area contributed by atoms with E-state index in [1.165, 1.54) is 0 Å². The van der Waals surface area contributed by atoms with Crippen LogP contribution in [0, 0.1) is 0 Å². The average molecular weight is 298 g/mol. The van der Waals surface area contributed by atoms with Crippen LogP contribution in [0.1, 0.15) is 17.5 Å². The molecule has 1 amide bonds. The molecule has 2 aromatic rings. The zero-order valence-corrected chi connectivity index (χ0v) is 12.8. The van der Waals surface area contributed by atoms with Crippen molar-refractivity contribution in [1.29, 1.82) is 0 Å². The van der Waals surface area contributed by atoms with Gasteiger partial charge in [0.1, 0.15) is 12.4 Å². The number of hydrogen-bond donors (Lipinski definition) is 2. The van der Waals surface area contributed by atoms with Crippen LogP contribution in [-0.4, -0.2) is 19.5 Å². The van der Waals surface area contributed by atoms with Gasteiger partial charge in [-0.05, 0) is 30.3 Å². The fourth-order valence-corrected chi connectivity index (χ4v) is 2.04. The number of carbonyl (C=O) groups excluding carboxylic acids is 1. The molecule has 0 spiro atoms. The van der Waals surface area contributed by atoms with Gasteiger partial charge in [-0.1, -0.05) is 42.5 Å². The van der Waals surface area contributed by atoms with Gasteiger partial charge in [-0.2, -0.15) is 0 Å². The van der Waals surface area contributed by atoms with Crippen molar-refractivity contribution in [1.82, 2.24) is 10.6 Å². The van der Waals surface area contributed by atoms with Crippen LogP contribution >= 0.6 is 0 Å². The minimum Gasteiger partial charge on any atom is -0.489 e. The molecule has 0 aliphatic heterocycles. The fourth-order valence-electron chi connectivity index (χ4n) is 2.04. The number of ether oxygens (including phenoxy) is 1. The monoisotopic (exact) mass is 298 g/mol. The maximum atomic E-state index is 11.6. The van der Waals surface area contributed by atoms with Gasteiger partial charge in [-0.15, -0.1) is 0 Å². The molecule has 0 saturated carbocycles. The van der Waals surface area contributed by atoms with Gasteiger partial charge < -0.3 is 15.4 Å². The maximum absolute atomic E-state index is 11.6. The number of carbonyl (C=O) groups is 1. The van der Waals surface area contributed by atoms with Crippen molar-refractivity contribution in [3.8, 4) is 5.75 Å². The maximum Gasteiger partial charge on any atom is 0.221 e. The van der Waals surface area contributed by atoms with Gasteiger partial charge in [-0.25, -0.2) is 0 Å². The summed E-state index contributed by atoms with van der Waals surface area (Å²) in [5, 5.41) is 5.88. The third kappa shape index (κ3) is 5.58. The van der Waals surface area contributed by atoms with Crippen LogP contribution in [0.5, 0.6) is 5.75 Å². The minimum absolute atomic E-state index is 0.0558. The van der Waals surface area contributed by atoms with E-state index in [1.807, 2.05) is 55.6 Å². The first-order chi connectivity index (χ1) is 10.8. The highest BCUT2D eigenvalue weighted by molar-refractivity contribution is 5.76. The molecule has 22 heavy (non-hydrogen) atoms. The lowest BCUT2D eigenvalue weighted by molar-refractivity contribution is -0.121. The van der Waals surface area contributed by atoms with E-state index < -0.39 is 0 Å². The second kappa shape index (κ2) is 8.85. The second-order valence-corrected chi connectivity index (χ2v) is 5.05. The average Bonchev–Trinajstić information content (AvgIpc) is 2.57. The lowest BCUT2D eigenvalue weighted by Gasteiger charge is -2.09. The third-order valence-corrected chi connectivity index (χ3v) is 3.23. The minimum atomic E-state index is 0.0558. The largest absolute Gasteiger partial charge is 0.489 e. The molecular weight excluding hydrogens is 276 g/mol. The van der Waals surface area contributed by atoms with Gasteiger partial charge in [-0.3, -0.25) is 4.79 Å². The summed E-state index contributed by atoms with van der Waals surface area (Å²) in [5.74, 6) is 0.911. The molecule has 116 valence electrons. The van der Waals surface area contributed by atoms with Gasteiger partial charge in [0, 0.05) is 19.5 Å². The van der Waals surface area contributed by atoms with Gasteiger partial charge in [0.05, 0.1) is 0 Å². The number of benzene rings is 2. The molecular formula is C18H22N2O2. The molecule has 4 nitrogen and oxygen atoms in total. The van der Waals surface area contributed by atoms with Crippen LogP contribution in [-0.2, 0) is 17.9 Å². The first kappa shape index (κ1) is 16.0. The molecule has 0 radical (unpaired) electrons. The van der Waals surface area contributed by atoms with Gasteiger partial charge in [0.15, 0.2) is 0 Å². The summed E-state index contributed by atoms with van der Waals surface area (Å²) in [5.41, 5.74) is 2.16. The zero-order valence-electron chi connectivity index (χ0n) is 12.8. The predicted octanol–water partition coefficient (Wildman–Crippen LogP) is 2.49. The van der Waals surface area contributed by atoms with Crippen molar-refractivity contribution in [2.75, 3.05) is 13.6 Å². The van der Waals surface area contributed by atoms with E-state index in [1.54, 1.807) is 0 Å². The summed E-state index contributed by atoms with van der Waals surface area (Å²) < 4.78 is 5.73. The topological polar surface area (TPSA) is 50.4 Å². The van der Waals surface area contributed by atoms with E-state index in [4.69, 9.17) is 4.74 Å². The first-order valence-corrected chi connectivity index (χ1v) is 7.45. The van der Waals surface area contributed by atoms with Crippen molar-refractivity contribution in [3.63, 3.8) is 0 Å². The molecule has 0 atom stereocenters. The van der Waals surface area contributed by atoms with Gasteiger partial charge in [0.25, 0.3) is 0 Å². The standard InChI is InChI=1S/C18H22N2O2/c1-19-11-10-18(21)20-13-15-6-5-7-16(12-15)14-22-17-8-3-2-4-9-17/h2-9,12,19H,10-11,13-14H2,1H3,(H,20,21).